The van der Waals surface area contributed by atoms with Crippen LogP contribution in [0.5, 0.6) is 5.75 Å². The molecule has 0 N–H and O–H groups in total. The number of rotatable bonds is 4. The third kappa shape index (κ3) is 2.98. The fourth-order valence-electron chi connectivity index (χ4n) is 1.47. The molecule has 0 unspecified atom stereocenters. The minimum atomic E-state index is 0.923. The molecule has 80 valence electrons. The van der Waals surface area contributed by atoms with Gasteiger partial charge in [0.25, 0.3) is 0 Å². The van der Waals surface area contributed by atoms with Gasteiger partial charge in [-0.3, -0.25) is 0 Å². The second-order valence-electron chi connectivity index (χ2n) is 3.25. The van der Waals surface area contributed by atoms with Gasteiger partial charge in [-0.1, -0.05) is 43.4 Å². The number of hydrogen-bond acceptors (Lipinski definition) is 1. The Balaban J connectivity index is 3.07. The Morgan fingerprint density at radius 2 is 2.07 bits per heavy atom. The van der Waals surface area contributed by atoms with E-state index < -0.39 is 0 Å². The molecule has 0 bridgehead atoms. The fourth-order valence-corrected chi connectivity index (χ4v) is 1.47. The van der Waals surface area contributed by atoms with Crippen LogP contribution in [0.4, 0.5) is 0 Å². The Morgan fingerprint density at radius 3 is 2.67 bits per heavy atom. The van der Waals surface area contributed by atoms with Gasteiger partial charge in [-0.2, -0.15) is 0 Å². The van der Waals surface area contributed by atoms with Gasteiger partial charge in [0, 0.05) is 5.56 Å². The summed E-state index contributed by atoms with van der Waals surface area (Å²) in [5.74, 6) is 0.923. The molecule has 0 aromatic heterocycles. The molecule has 0 saturated carbocycles. The number of ether oxygens (including phenoxy) is 1. The van der Waals surface area contributed by atoms with Crippen molar-refractivity contribution in [2.75, 3.05) is 7.11 Å². The van der Waals surface area contributed by atoms with E-state index in [-0.39, 0.29) is 0 Å². The van der Waals surface area contributed by atoms with Crippen molar-refractivity contribution in [2.45, 2.75) is 20.3 Å². The van der Waals surface area contributed by atoms with E-state index in [9.17, 15) is 0 Å². The van der Waals surface area contributed by atoms with Gasteiger partial charge in [-0.05, 0) is 25.0 Å². The summed E-state index contributed by atoms with van der Waals surface area (Å²) in [6.07, 6.45) is 7.44. The van der Waals surface area contributed by atoms with Crippen LogP contribution in [0.1, 0.15) is 25.8 Å². The van der Waals surface area contributed by atoms with E-state index in [0.717, 1.165) is 17.7 Å². The Hall–Kier alpha value is -1.50. The molecular weight excluding hydrogens is 184 g/mol. The van der Waals surface area contributed by atoms with Crippen LogP contribution in [0.15, 0.2) is 42.5 Å². The molecule has 1 aromatic rings. The van der Waals surface area contributed by atoms with Gasteiger partial charge in [0.1, 0.15) is 5.75 Å². The average Bonchev–Trinajstić information content (AvgIpc) is 2.30. The van der Waals surface area contributed by atoms with Gasteiger partial charge in [0.15, 0.2) is 0 Å². The van der Waals surface area contributed by atoms with Crippen LogP contribution in [-0.4, -0.2) is 7.11 Å². The van der Waals surface area contributed by atoms with Crippen molar-refractivity contribution in [2.24, 2.45) is 0 Å². The highest BCUT2D eigenvalue weighted by atomic mass is 16.5. The van der Waals surface area contributed by atoms with Crippen molar-refractivity contribution in [3.8, 4) is 5.75 Å². The first-order chi connectivity index (χ1) is 7.33. The van der Waals surface area contributed by atoms with Crippen LogP contribution < -0.4 is 4.74 Å². The zero-order chi connectivity index (χ0) is 11.1. The molecule has 1 nitrogen and oxygen atoms in total. The summed E-state index contributed by atoms with van der Waals surface area (Å²) in [7, 11) is 1.70. The highest BCUT2D eigenvalue weighted by Crippen LogP contribution is 2.26. The molecule has 15 heavy (non-hydrogen) atoms. The molecule has 1 heteroatoms. The Labute approximate surface area is 92.1 Å². The smallest absolute Gasteiger partial charge is 0.126 e. The number of hydrogen-bond donors (Lipinski definition) is 0. The maximum Gasteiger partial charge on any atom is 0.126 e. The predicted molar refractivity (Wildman–Crippen MR) is 66.1 cm³/mol. The zero-order valence-electron chi connectivity index (χ0n) is 9.66. The van der Waals surface area contributed by atoms with Gasteiger partial charge in [0.2, 0.25) is 0 Å². The summed E-state index contributed by atoms with van der Waals surface area (Å²) in [6, 6.07) is 8.08. The second-order valence-corrected chi connectivity index (χ2v) is 3.25. The maximum atomic E-state index is 5.33. The monoisotopic (exact) mass is 202 g/mol. The van der Waals surface area contributed by atoms with Crippen LogP contribution >= 0.6 is 0 Å². The average molecular weight is 202 g/mol. The maximum absolute atomic E-state index is 5.33. The minimum Gasteiger partial charge on any atom is -0.496 e. The van der Waals surface area contributed by atoms with E-state index in [1.807, 2.05) is 25.1 Å². The molecule has 0 atom stereocenters. The largest absolute Gasteiger partial charge is 0.496 e. The van der Waals surface area contributed by atoms with E-state index in [2.05, 4.69) is 31.2 Å². The Bertz CT molecular complexity index is 361. The molecule has 0 aliphatic heterocycles. The van der Waals surface area contributed by atoms with Crippen molar-refractivity contribution < 1.29 is 4.74 Å². The van der Waals surface area contributed by atoms with Crippen molar-refractivity contribution >= 4 is 5.57 Å². The molecule has 0 aliphatic rings. The van der Waals surface area contributed by atoms with E-state index in [1.165, 1.54) is 5.57 Å². The first-order valence-electron chi connectivity index (χ1n) is 5.29. The summed E-state index contributed by atoms with van der Waals surface area (Å²) in [5.41, 5.74) is 2.35. The minimum absolute atomic E-state index is 0.923. The Morgan fingerprint density at radius 1 is 1.33 bits per heavy atom. The molecule has 0 saturated heterocycles. The summed E-state index contributed by atoms with van der Waals surface area (Å²) in [4.78, 5) is 0. The highest BCUT2D eigenvalue weighted by molar-refractivity contribution is 5.77. The van der Waals surface area contributed by atoms with Crippen LogP contribution in [0.25, 0.3) is 5.57 Å². The molecule has 0 heterocycles. The van der Waals surface area contributed by atoms with Gasteiger partial charge in [0.05, 0.1) is 7.11 Å². The van der Waals surface area contributed by atoms with E-state index in [0.29, 0.717) is 0 Å². The second kappa shape index (κ2) is 6.07. The lowest BCUT2D eigenvalue weighted by Gasteiger charge is -2.08. The summed E-state index contributed by atoms with van der Waals surface area (Å²) < 4.78 is 5.33. The summed E-state index contributed by atoms with van der Waals surface area (Å²) in [5, 5.41) is 0. The number of benzene rings is 1. The molecule has 0 aliphatic carbocycles. The van der Waals surface area contributed by atoms with Crippen molar-refractivity contribution in [1.82, 2.24) is 0 Å². The lowest BCUT2D eigenvalue weighted by atomic mass is 10.0. The number of methoxy groups -OCH3 is 1. The molecule has 0 radical (unpaired) electrons. The molecule has 0 amide bonds. The lowest BCUT2D eigenvalue weighted by molar-refractivity contribution is 0.413. The third-order valence-corrected chi connectivity index (χ3v) is 2.26. The quantitative estimate of drug-likeness (QED) is 0.669. The van der Waals surface area contributed by atoms with Crippen LogP contribution in [0.2, 0.25) is 0 Å². The van der Waals surface area contributed by atoms with Gasteiger partial charge in [-0.25, -0.2) is 0 Å². The lowest BCUT2D eigenvalue weighted by Crippen LogP contribution is -1.89. The molecular formula is C14H18O. The predicted octanol–water partition coefficient (Wildman–Crippen LogP) is 4.06. The molecule has 0 spiro atoms. The van der Waals surface area contributed by atoms with Crippen molar-refractivity contribution in [3.05, 3.63) is 48.1 Å². The number of allylic oxidation sites excluding steroid dienone is 4. The fraction of sp³-hybridized carbons (Fsp3) is 0.286. The Kier molecular flexibility index (Phi) is 4.69. The third-order valence-electron chi connectivity index (χ3n) is 2.26. The zero-order valence-corrected chi connectivity index (χ0v) is 9.66. The standard InChI is InChI=1S/C14H18O/c1-4-6-9-12(5-2)13-10-7-8-11-14(13)15-3/h5-11H,4H2,1-3H3/b9-6-,12-5+. The van der Waals surface area contributed by atoms with Gasteiger partial charge < -0.3 is 4.74 Å². The van der Waals surface area contributed by atoms with Crippen LogP contribution in [0.3, 0.4) is 0 Å². The summed E-state index contributed by atoms with van der Waals surface area (Å²) >= 11 is 0. The topological polar surface area (TPSA) is 9.23 Å². The van der Waals surface area contributed by atoms with E-state index in [1.54, 1.807) is 7.11 Å². The summed E-state index contributed by atoms with van der Waals surface area (Å²) in [6.45, 7) is 4.17. The van der Waals surface area contributed by atoms with Gasteiger partial charge in [-0.15, -0.1) is 0 Å². The molecule has 1 rings (SSSR count). The van der Waals surface area contributed by atoms with Crippen molar-refractivity contribution in [1.29, 1.82) is 0 Å². The van der Waals surface area contributed by atoms with E-state index in [4.69, 9.17) is 4.74 Å². The molecule has 0 fully saturated rings. The van der Waals surface area contributed by atoms with Crippen molar-refractivity contribution in [3.63, 3.8) is 0 Å². The normalized spacial score (nSPS) is 12.1. The van der Waals surface area contributed by atoms with E-state index >= 15 is 0 Å². The molecule has 1 aromatic carbocycles. The SMILES string of the molecule is C/C=C(\C=C/CC)c1ccccc1OC. The highest BCUT2D eigenvalue weighted by Gasteiger charge is 2.03. The van der Waals surface area contributed by atoms with Gasteiger partial charge >= 0.3 is 0 Å². The van der Waals surface area contributed by atoms with Crippen LogP contribution in [0, 0.1) is 0 Å². The first kappa shape index (κ1) is 11.6. The van der Waals surface area contributed by atoms with Crippen LogP contribution in [-0.2, 0) is 0 Å². The number of para-hydroxylation sites is 1. The first-order valence-corrected chi connectivity index (χ1v) is 5.29.